The van der Waals surface area contributed by atoms with E-state index in [9.17, 15) is 83.4 Å². The van der Waals surface area contributed by atoms with E-state index < -0.39 is 82.2 Å². The number of rotatable bonds is 6. The molecule has 0 radical (unpaired) electrons. The standard InChI is InChI=1S/C11H10F6.C11H13F3O.C11H13F3.C10H10ClF3.C10H10F4/c1-6(2)8-5-7(10(12,13)14)3-4-9(8)11(15,16)17;1-7(2)9-6-8(11(12,13)14)4-5-10(9)15-3;1-7(2)10-6-9(11(12,13)14)5-4-8(10)3;2*1-6(2)8-5-7(10(12,13)14)3-4-9(8)11/h3-6H,1-2H3;4-7H,1-3H3;4-7H,1-3H3;2*3-6H,1-2H3. The number of alkyl halides is 18. The van der Waals surface area contributed by atoms with Gasteiger partial charge in [0.15, 0.2) is 0 Å². The molecule has 0 unspecified atom stereocenters. The molecule has 0 amide bonds. The van der Waals surface area contributed by atoms with Crippen molar-refractivity contribution in [1.29, 1.82) is 0 Å². The Hall–Kier alpha value is -5.14. The van der Waals surface area contributed by atoms with Gasteiger partial charge in [0.2, 0.25) is 0 Å². The highest BCUT2D eigenvalue weighted by Gasteiger charge is 2.38. The van der Waals surface area contributed by atoms with Crippen LogP contribution in [0, 0.1) is 12.7 Å². The number of methoxy groups -OCH3 is 1. The molecule has 0 spiro atoms. The van der Waals surface area contributed by atoms with Crippen molar-refractivity contribution in [2.75, 3.05) is 7.11 Å². The third-order valence-electron chi connectivity index (χ3n) is 10.6. The fourth-order valence-corrected chi connectivity index (χ4v) is 6.94. The summed E-state index contributed by atoms with van der Waals surface area (Å²) >= 11 is 5.77. The molecule has 414 valence electrons. The summed E-state index contributed by atoms with van der Waals surface area (Å²) in [5.74, 6) is -0.860. The van der Waals surface area contributed by atoms with E-state index in [1.54, 1.807) is 27.7 Å². The highest BCUT2D eigenvalue weighted by molar-refractivity contribution is 6.31. The minimum absolute atomic E-state index is 0.00208. The molecule has 0 saturated heterocycles. The average molecular weight is 1110 g/mol. The highest BCUT2D eigenvalue weighted by atomic mass is 35.5. The minimum Gasteiger partial charge on any atom is -0.496 e. The molecule has 21 heteroatoms. The Balaban J connectivity index is 0.000000463. The summed E-state index contributed by atoms with van der Waals surface area (Å²) in [4.78, 5) is 0. The van der Waals surface area contributed by atoms with Crippen molar-refractivity contribution in [2.24, 2.45) is 0 Å². The maximum absolute atomic E-state index is 13.0. The Morgan fingerprint density at radius 3 is 1.00 bits per heavy atom. The summed E-state index contributed by atoms with van der Waals surface area (Å²) < 4.78 is 241. The van der Waals surface area contributed by atoms with Gasteiger partial charge in [-0.25, -0.2) is 4.39 Å². The van der Waals surface area contributed by atoms with Crippen molar-refractivity contribution >= 4 is 11.6 Å². The third-order valence-corrected chi connectivity index (χ3v) is 10.9. The second kappa shape index (κ2) is 26.6. The van der Waals surface area contributed by atoms with Crippen LogP contribution in [0.4, 0.5) is 83.4 Å². The molecule has 74 heavy (non-hydrogen) atoms. The van der Waals surface area contributed by atoms with Gasteiger partial charge in [-0.15, -0.1) is 0 Å². The quantitative estimate of drug-likeness (QED) is 0.154. The predicted molar refractivity (Wildman–Crippen MR) is 249 cm³/mol. The summed E-state index contributed by atoms with van der Waals surface area (Å²) in [5.41, 5.74) is -2.18. The Labute approximate surface area is 423 Å². The van der Waals surface area contributed by atoms with Crippen LogP contribution < -0.4 is 4.74 Å². The first kappa shape index (κ1) is 66.9. The topological polar surface area (TPSA) is 9.23 Å². The Morgan fingerprint density at radius 2 is 0.649 bits per heavy atom. The van der Waals surface area contributed by atoms with Crippen LogP contribution in [0.5, 0.6) is 5.75 Å². The van der Waals surface area contributed by atoms with E-state index in [0.717, 1.165) is 59.7 Å². The average Bonchev–Trinajstić information content (AvgIpc) is 3.24. The summed E-state index contributed by atoms with van der Waals surface area (Å²) in [6, 6.07) is 14.8. The van der Waals surface area contributed by atoms with E-state index in [0.29, 0.717) is 40.1 Å². The first-order chi connectivity index (χ1) is 33.4. The molecular weight excluding hydrogens is 1050 g/mol. The van der Waals surface area contributed by atoms with Crippen molar-refractivity contribution in [1.82, 2.24) is 0 Å². The normalized spacial score (nSPS) is 12.4. The fourth-order valence-electron chi connectivity index (χ4n) is 6.60. The largest absolute Gasteiger partial charge is 0.496 e. The van der Waals surface area contributed by atoms with Crippen LogP contribution in [0.2, 0.25) is 5.02 Å². The van der Waals surface area contributed by atoms with E-state index >= 15 is 0 Å². The number of halogens is 20. The zero-order chi connectivity index (χ0) is 57.9. The van der Waals surface area contributed by atoms with Gasteiger partial charge in [-0.05, 0) is 155 Å². The van der Waals surface area contributed by atoms with Gasteiger partial charge in [0.25, 0.3) is 0 Å². The molecule has 0 N–H and O–H groups in total. The zero-order valence-electron chi connectivity index (χ0n) is 42.0. The zero-order valence-corrected chi connectivity index (χ0v) is 42.8. The van der Waals surface area contributed by atoms with Crippen molar-refractivity contribution < 1.29 is 88.2 Å². The van der Waals surface area contributed by atoms with E-state index in [4.69, 9.17) is 16.3 Å². The van der Waals surface area contributed by atoms with E-state index in [1.165, 1.54) is 45.2 Å². The van der Waals surface area contributed by atoms with Gasteiger partial charge in [0.1, 0.15) is 11.6 Å². The van der Waals surface area contributed by atoms with E-state index in [1.807, 2.05) is 34.6 Å². The van der Waals surface area contributed by atoms with Crippen LogP contribution in [-0.2, 0) is 37.1 Å². The van der Waals surface area contributed by atoms with Gasteiger partial charge in [0.05, 0.1) is 40.5 Å². The number of hydrogen-bond donors (Lipinski definition) is 0. The lowest BCUT2D eigenvalue weighted by atomic mass is 9.94. The molecule has 5 aromatic rings. The molecular formula is C53H56ClF19O. The molecule has 0 atom stereocenters. The van der Waals surface area contributed by atoms with E-state index in [-0.39, 0.29) is 34.8 Å². The van der Waals surface area contributed by atoms with Gasteiger partial charge >= 0.3 is 37.1 Å². The first-order valence-corrected chi connectivity index (χ1v) is 22.7. The lowest BCUT2D eigenvalue weighted by Gasteiger charge is -2.17. The lowest BCUT2D eigenvalue weighted by Crippen LogP contribution is -2.13. The van der Waals surface area contributed by atoms with Gasteiger partial charge in [-0.3, -0.25) is 0 Å². The number of ether oxygens (including phenoxy) is 1. The smallest absolute Gasteiger partial charge is 0.416 e. The molecule has 0 saturated carbocycles. The Morgan fingerprint density at radius 1 is 0.351 bits per heavy atom. The molecule has 0 aliphatic rings. The SMILES string of the molecule is CC(C)c1cc(C(F)(F)F)ccc1C(F)(F)F.CC(C)c1cc(C(F)(F)F)ccc1Cl.CC(C)c1cc(C(F)(F)F)ccc1F.COc1ccc(C(F)(F)F)cc1C(C)C.Cc1ccc(C(F)(F)F)cc1C(C)C. The Kier molecular flexibility index (Phi) is 24.0. The van der Waals surface area contributed by atoms with Crippen LogP contribution in [0.15, 0.2) is 91.0 Å². The second-order valence-electron chi connectivity index (χ2n) is 18.1. The summed E-state index contributed by atoms with van der Waals surface area (Å²) in [6.45, 7) is 19.0. The van der Waals surface area contributed by atoms with Crippen molar-refractivity contribution in [3.05, 3.63) is 169 Å². The van der Waals surface area contributed by atoms with Crippen molar-refractivity contribution in [3.8, 4) is 5.75 Å². The van der Waals surface area contributed by atoms with Crippen LogP contribution >= 0.6 is 11.6 Å². The maximum Gasteiger partial charge on any atom is 0.416 e. The van der Waals surface area contributed by atoms with Gasteiger partial charge < -0.3 is 4.74 Å². The van der Waals surface area contributed by atoms with Gasteiger partial charge in [-0.2, -0.15) is 79.0 Å². The van der Waals surface area contributed by atoms with Crippen LogP contribution in [0.1, 0.15) is 166 Å². The molecule has 0 aliphatic heterocycles. The summed E-state index contributed by atoms with van der Waals surface area (Å²) in [7, 11) is 1.45. The third kappa shape index (κ3) is 20.9. The molecule has 0 heterocycles. The van der Waals surface area contributed by atoms with Crippen LogP contribution in [0.3, 0.4) is 0 Å². The molecule has 0 bridgehead atoms. The van der Waals surface area contributed by atoms with Crippen LogP contribution in [0.25, 0.3) is 0 Å². The number of benzene rings is 5. The van der Waals surface area contributed by atoms with Crippen LogP contribution in [-0.4, -0.2) is 7.11 Å². The highest BCUT2D eigenvalue weighted by Crippen LogP contribution is 2.40. The summed E-state index contributed by atoms with van der Waals surface area (Å²) in [5, 5.41) is 0.382. The molecule has 0 aromatic heterocycles. The molecule has 5 rings (SSSR count). The molecule has 1 nitrogen and oxygen atoms in total. The van der Waals surface area contributed by atoms with Gasteiger partial charge in [0, 0.05) is 5.02 Å². The molecule has 0 aliphatic carbocycles. The van der Waals surface area contributed by atoms with Crippen molar-refractivity contribution in [3.63, 3.8) is 0 Å². The van der Waals surface area contributed by atoms with Crippen molar-refractivity contribution in [2.45, 2.75) is 143 Å². The number of aryl methyl sites for hydroxylation is 1. The Bertz CT molecular complexity index is 2380. The number of hydrogen-bond acceptors (Lipinski definition) is 1. The van der Waals surface area contributed by atoms with Gasteiger partial charge in [-0.1, -0.05) is 86.9 Å². The second-order valence-corrected chi connectivity index (χ2v) is 18.5. The van der Waals surface area contributed by atoms with E-state index in [2.05, 4.69) is 0 Å². The monoisotopic (exact) mass is 1100 g/mol. The molecule has 0 fully saturated rings. The predicted octanol–water partition coefficient (Wildman–Crippen LogP) is 21.3. The fraction of sp³-hybridized carbons (Fsp3) is 0.434. The first-order valence-electron chi connectivity index (χ1n) is 22.3. The maximum atomic E-state index is 13.0. The summed E-state index contributed by atoms with van der Waals surface area (Å²) in [6.07, 6.45) is -26.5. The lowest BCUT2D eigenvalue weighted by molar-refractivity contribution is -0.142. The minimum atomic E-state index is -4.64. The molecule has 5 aromatic carbocycles.